The molecule has 0 atom stereocenters. The summed E-state index contributed by atoms with van der Waals surface area (Å²) in [7, 11) is 0. The largest absolute Gasteiger partial charge is 0.396 e. The van der Waals surface area contributed by atoms with Crippen LogP contribution in [0, 0.1) is 17.6 Å². The SMILES string of the molecule is O=C(Nc1ccc(F)cc1F)N1CCC(CCO)CC1. The van der Waals surface area contributed by atoms with Gasteiger partial charge >= 0.3 is 6.03 Å². The molecule has 0 saturated carbocycles. The number of anilines is 1. The molecular weight excluding hydrogens is 266 g/mol. The van der Waals surface area contributed by atoms with Crippen LogP contribution in [-0.2, 0) is 0 Å². The molecule has 2 N–H and O–H groups in total. The maximum absolute atomic E-state index is 13.4. The van der Waals surface area contributed by atoms with Crippen molar-refractivity contribution in [1.29, 1.82) is 0 Å². The highest BCUT2D eigenvalue weighted by Crippen LogP contribution is 2.21. The average molecular weight is 284 g/mol. The Morgan fingerprint density at radius 3 is 2.65 bits per heavy atom. The van der Waals surface area contributed by atoms with Gasteiger partial charge in [-0.3, -0.25) is 0 Å². The van der Waals surface area contributed by atoms with E-state index in [2.05, 4.69) is 5.32 Å². The molecule has 20 heavy (non-hydrogen) atoms. The van der Waals surface area contributed by atoms with Crippen LogP contribution in [0.3, 0.4) is 0 Å². The molecule has 0 radical (unpaired) electrons. The van der Waals surface area contributed by atoms with Gasteiger partial charge < -0.3 is 15.3 Å². The van der Waals surface area contributed by atoms with Crippen molar-refractivity contribution in [3.05, 3.63) is 29.8 Å². The molecule has 1 aromatic carbocycles. The van der Waals surface area contributed by atoms with Crippen LogP contribution in [0.25, 0.3) is 0 Å². The number of likely N-dealkylation sites (tertiary alicyclic amines) is 1. The van der Waals surface area contributed by atoms with E-state index in [-0.39, 0.29) is 18.3 Å². The fourth-order valence-electron chi connectivity index (χ4n) is 2.39. The van der Waals surface area contributed by atoms with Gasteiger partial charge in [0.25, 0.3) is 0 Å². The highest BCUT2D eigenvalue weighted by molar-refractivity contribution is 5.89. The predicted octanol–water partition coefficient (Wildman–Crippen LogP) is 2.59. The number of piperidine rings is 1. The van der Waals surface area contributed by atoms with Crippen LogP contribution in [0.15, 0.2) is 18.2 Å². The first kappa shape index (κ1) is 14.7. The molecule has 0 spiro atoms. The van der Waals surface area contributed by atoms with Gasteiger partial charge in [0.05, 0.1) is 5.69 Å². The zero-order valence-corrected chi connectivity index (χ0v) is 11.1. The smallest absolute Gasteiger partial charge is 0.321 e. The number of nitrogens with one attached hydrogen (secondary N) is 1. The van der Waals surface area contributed by atoms with E-state index in [1.807, 2.05) is 0 Å². The summed E-state index contributed by atoms with van der Waals surface area (Å²) < 4.78 is 26.2. The molecule has 1 aliphatic heterocycles. The molecular formula is C14H18F2N2O2. The van der Waals surface area contributed by atoms with Crippen LogP contribution in [0.5, 0.6) is 0 Å². The number of nitrogens with zero attached hydrogens (tertiary/aromatic N) is 1. The molecule has 1 heterocycles. The summed E-state index contributed by atoms with van der Waals surface area (Å²) in [6.07, 6.45) is 2.42. The van der Waals surface area contributed by atoms with Gasteiger partial charge in [0, 0.05) is 25.8 Å². The summed E-state index contributed by atoms with van der Waals surface area (Å²) in [5, 5.41) is 11.3. The summed E-state index contributed by atoms with van der Waals surface area (Å²) in [4.78, 5) is 13.6. The zero-order valence-electron chi connectivity index (χ0n) is 11.1. The molecule has 110 valence electrons. The maximum Gasteiger partial charge on any atom is 0.321 e. The van der Waals surface area contributed by atoms with Crippen LogP contribution in [0.1, 0.15) is 19.3 Å². The number of amides is 2. The van der Waals surface area contributed by atoms with Gasteiger partial charge in [0.2, 0.25) is 0 Å². The van der Waals surface area contributed by atoms with Crippen molar-refractivity contribution in [1.82, 2.24) is 4.90 Å². The van der Waals surface area contributed by atoms with Crippen molar-refractivity contribution in [2.75, 3.05) is 25.0 Å². The third kappa shape index (κ3) is 3.66. The predicted molar refractivity (Wildman–Crippen MR) is 71.4 cm³/mol. The Bertz CT molecular complexity index is 474. The maximum atomic E-state index is 13.4. The number of urea groups is 1. The third-order valence-electron chi connectivity index (χ3n) is 3.61. The minimum Gasteiger partial charge on any atom is -0.396 e. The molecule has 0 bridgehead atoms. The third-order valence-corrected chi connectivity index (χ3v) is 3.61. The van der Waals surface area contributed by atoms with E-state index >= 15 is 0 Å². The van der Waals surface area contributed by atoms with Gasteiger partial charge in [0.15, 0.2) is 0 Å². The van der Waals surface area contributed by atoms with Crippen LogP contribution in [0.2, 0.25) is 0 Å². The van der Waals surface area contributed by atoms with E-state index in [0.29, 0.717) is 19.0 Å². The van der Waals surface area contributed by atoms with Gasteiger partial charge in [-0.15, -0.1) is 0 Å². The fourth-order valence-corrected chi connectivity index (χ4v) is 2.39. The topological polar surface area (TPSA) is 52.6 Å². The Kier molecular flexibility index (Phi) is 4.89. The average Bonchev–Trinajstić information content (AvgIpc) is 2.43. The Hall–Kier alpha value is -1.69. The number of rotatable bonds is 3. The summed E-state index contributed by atoms with van der Waals surface area (Å²) >= 11 is 0. The summed E-state index contributed by atoms with van der Waals surface area (Å²) in [6.45, 7) is 1.33. The normalized spacial score (nSPS) is 16.2. The standard InChI is InChI=1S/C14H18F2N2O2/c15-11-1-2-13(12(16)9-11)17-14(20)18-6-3-10(4-7-18)5-8-19/h1-2,9-10,19H,3-8H2,(H,17,20). The fraction of sp³-hybridized carbons (Fsp3) is 0.500. The lowest BCUT2D eigenvalue weighted by atomic mass is 9.94. The Labute approximate surface area is 116 Å². The van der Waals surface area contributed by atoms with E-state index in [9.17, 15) is 13.6 Å². The summed E-state index contributed by atoms with van der Waals surface area (Å²) in [6, 6.07) is 2.68. The lowest BCUT2D eigenvalue weighted by molar-refractivity contribution is 0.166. The van der Waals surface area contributed by atoms with Gasteiger partial charge in [0.1, 0.15) is 11.6 Å². The van der Waals surface area contributed by atoms with Crippen molar-refractivity contribution in [3.8, 4) is 0 Å². The van der Waals surface area contributed by atoms with E-state index < -0.39 is 11.6 Å². The minimum atomic E-state index is -0.784. The Morgan fingerprint density at radius 2 is 2.05 bits per heavy atom. The summed E-state index contributed by atoms with van der Waals surface area (Å²) in [5.74, 6) is -1.02. The summed E-state index contributed by atoms with van der Waals surface area (Å²) in [5.41, 5.74) is -0.0196. The molecule has 1 aromatic rings. The molecule has 0 aliphatic carbocycles. The molecule has 1 aliphatic rings. The number of aliphatic hydroxyl groups is 1. The van der Waals surface area contributed by atoms with Gasteiger partial charge in [-0.2, -0.15) is 0 Å². The van der Waals surface area contributed by atoms with Crippen LogP contribution >= 0.6 is 0 Å². The molecule has 4 nitrogen and oxygen atoms in total. The molecule has 0 unspecified atom stereocenters. The number of carbonyl (C=O) groups is 1. The molecule has 2 amide bonds. The molecule has 1 fully saturated rings. The van der Waals surface area contributed by atoms with Crippen LogP contribution < -0.4 is 5.32 Å². The Balaban J connectivity index is 1.89. The number of halogens is 2. The van der Waals surface area contributed by atoms with Gasteiger partial charge in [-0.25, -0.2) is 13.6 Å². The minimum absolute atomic E-state index is 0.0196. The number of hydrogen-bond acceptors (Lipinski definition) is 2. The van der Waals surface area contributed by atoms with E-state index in [1.165, 1.54) is 6.07 Å². The van der Waals surface area contributed by atoms with Crippen molar-refractivity contribution in [2.24, 2.45) is 5.92 Å². The second kappa shape index (κ2) is 6.65. The second-order valence-electron chi connectivity index (χ2n) is 5.00. The lowest BCUT2D eigenvalue weighted by Gasteiger charge is -2.31. The van der Waals surface area contributed by atoms with E-state index in [0.717, 1.165) is 31.4 Å². The first-order valence-corrected chi connectivity index (χ1v) is 6.72. The van der Waals surface area contributed by atoms with Crippen molar-refractivity contribution in [2.45, 2.75) is 19.3 Å². The first-order chi connectivity index (χ1) is 9.60. The number of aliphatic hydroxyl groups excluding tert-OH is 1. The monoisotopic (exact) mass is 284 g/mol. The first-order valence-electron chi connectivity index (χ1n) is 6.72. The van der Waals surface area contributed by atoms with Crippen molar-refractivity contribution < 1.29 is 18.7 Å². The lowest BCUT2D eigenvalue weighted by Crippen LogP contribution is -2.41. The number of carbonyl (C=O) groups excluding carboxylic acids is 1. The molecule has 2 rings (SSSR count). The highest BCUT2D eigenvalue weighted by Gasteiger charge is 2.22. The zero-order chi connectivity index (χ0) is 14.5. The van der Waals surface area contributed by atoms with Crippen LogP contribution in [0.4, 0.5) is 19.3 Å². The van der Waals surface area contributed by atoms with Crippen LogP contribution in [-0.4, -0.2) is 35.7 Å². The quantitative estimate of drug-likeness (QED) is 0.896. The van der Waals surface area contributed by atoms with E-state index in [1.54, 1.807) is 4.90 Å². The van der Waals surface area contributed by atoms with Gasteiger partial charge in [-0.1, -0.05) is 0 Å². The molecule has 0 aromatic heterocycles. The Morgan fingerprint density at radius 1 is 1.35 bits per heavy atom. The van der Waals surface area contributed by atoms with Crippen molar-refractivity contribution >= 4 is 11.7 Å². The highest BCUT2D eigenvalue weighted by atomic mass is 19.1. The number of hydrogen-bond donors (Lipinski definition) is 2. The molecule has 6 heteroatoms. The van der Waals surface area contributed by atoms with Crippen molar-refractivity contribution in [3.63, 3.8) is 0 Å². The van der Waals surface area contributed by atoms with Gasteiger partial charge in [-0.05, 0) is 37.3 Å². The number of benzene rings is 1. The molecule has 1 saturated heterocycles. The second-order valence-corrected chi connectivity index (χ2v) is 5.00. The van der Waals surface area contributed by atoms with E-state index in [4.69, 9.17) is 5.11 Å².